The molecule has 31 heavy (non-hydrogen) atoms. The monoisotopic (exact) mass is 426 g/mol. The zero-order valence-corrected chi connectivity index (χ0v) is 16.6. The molecule has 3 aromatic rings. The molecule has 2 heterocycles. The summed E-state index contributed by atoms with van der Waals surface area (Å²) in [6.45, 7) is 2.33. The summed E-state index contributed by atoms with van der Waals surface area (Å²) in [5.74, 6) is -0.795. The Balaban J connectivity index is 1.39. The van der Waals surface area contributed by atoms with Gasteiger partial charge in [0, 0.05) is 17.8 Å². The zero-order chi connectivity index (χ0) is 22.1. The van der Waals surface area contributed by atoms with E-state index in [0.717, 1.165) is 10.6 Å². The minimum Gasteiger partial charge on any atom is -0.442 e. The van der Waals surface area contributed by atoms with Gasteiger partial charge in [-0.05, 0) is 43.3 Å². The van der Waals surface area contributed by atoms with Gasteiger partial charge in [-0.15, -0.1) is 0 Å². The van der Waals surface area contributed by atoms with Crippen molar-refractivity contribution in [1.29, 1.82) is 0 Å². The molecule has 1 aliphatic rings. The predicted molar refractivity (Wildman–Crippen MR) is 111 cm³/mol. The number of carbonyl (C=O) groups is 2. The van der Waals surface area contributed by atoms with Crippen LogP contribution >= 0.6 is 0 Å². The second kappa shape index (κ2) is 8.05. The zero-order valence-electron chi connectivity index (χ0n) is 16.6. The van der Waals surface area contributed by atoms with E-state index in [1.165, 1.54) is 41.3 Å². The molecule has 10 heteroatoms. The van der Waals surface area contributed by atoms with Crippen molar-refractivity contribution in [2.45, 2.75) is 19.6 Å². The Morgan fingerprint density at radius 1 is 1.19 bits per heavy atom. The molecular formula is C21H19FN4O5. The van der Waals surface area contributed by atoms with Crippen LogP contribution < -0.4 is 16.6 Å². The molecular weight excluding hydrogens is 407 g/mol. The Morgan fingerprint density at radius 3 is 2.68 bits per heavy atom. The van der Waals surface area contributed by atoms with E-state index in [4.69, 9.17) is 4.74 Å². The fourth-order valence-electron chi connectivity index (χ4n) is 3.40. The Labute approximate surface area is 175 Å². The highest BCUT2D eigenvalue weighted by Gasteiger charge is 2.34. The first kappa shape index (κ1) is 20.3. The summed E-state index contributed by atoms with van der Waals surface area (Å²) in [5, 5.41) is 2.74. The van der Waals surface area contributed by atoms with Gasteiger partial charge in [-0.25, -0.2) is 14.0 Å². The van der Waals surface area contributed by atoms with E-state index < -0.39 is 29.3 Å². The molecule has 0 unspecified atom stereocenters. The number of fused-ring (bicyclic) bond motifs is 1. The SMILES string of the molecule is CCn1c(=O)[nH]c2cc(C(=O)N3CC(OC(=O)Nc4cccc(F)c4)C3)ccc2c1=O. The van der Waals surface area contributed by atoms with Crippen LogP contribution in [0, 0.1) is 5.82 Å². The number of likely N-dealkylation sites (tertiary alicyclic amines) is 1. The summed E-state index contributed by atoms with van der Waals surface area (Å²) in [7, 11) is 0. The Morgan fingerprint density at radius 2 is 1.97 bits per heavy atom. The molecule has 4 rings (SSSR count). The van der Waals surface area contributed by atoms with Crippen LogP contribution in [0.1, 0.15) is 17.3 Å². The van der Waals surface area contributed by atoms with Crippen LogP contribution in [0.15, 0.2) is 52.1 Å². The summed E-state index contributed by atoms with van der Waals surface area (Å²) < 4.78 is 19.5. The lowest BCUT2D eigenvalue weighted by Gasteiger charge is -2.38. The van der Waals surface area contributed by atoms with Gasteiger partial charge in [-0.1, -0.05) is 6.07 Å². The molecule has 2 N–H and O–H groups in total. The summed E-state index contributed by atoms with van der Waals surface area (Å²) >= 11 is 0. The lowest BCUT2D eigenvalue weighted by molar-refractivity contribution is -0.00204. The van der Waals surface area contributed by atoms with Crippen molar-refractivity contribution < 1.29 is 18.7 Å². The molecule has 0 spiro atoms. The number of H-pyrrole nitrogens is 1. The largest absolute Gasteiger partial charge is 0.442 e. The molecule has 1 aromatic heterocycles. The molecule has 1 saturated heterocycles. The fraction of sp³-hybridized carbons (Fsp3) is 0.238. The van der Waals surface area contributed by atoms with E-state index >= 15 is 0 Å². The number of aromatic nitrogens is 2. The number of halogens is 1. The molecule has 0 bridgehead atoms. The molecule has 2 amide bonds. The number of aromatic amines is 1. The van der Waals surface area contributed by atoms with Crippen molar-refractivity contribution in [3.63, 3.8) is 0 Å². The lowest BCUT2D eigenvalue weighted by atomic mass is 10.1. The van der Waals surface area contributed by atoms with Crippen LogP contribution in [-0.2, 0) is 11.3 Å². The number of hydrogen-bond acceptors (Lipinski definition) is 5. The Bertz CT molecular complexity index is 1290. The molecule has 1 fully saturated rings. The smallest absolute Gasteiger partial charge is 0.412 e. The number of rotatable bonds is 4. The number of anilines is 1. The van der Waals surface area contributed by atoms with Gasteiger partial charge in [0.25, 0.3) is 11.5 Å². The van der Waals surface area contributed by atoms with E-state index in [-0.39, 0.29) is 36.7 Å². The highest BCUT2D eigenvalue weighted by molar-refractivity contribution is 5.98. The van der Waals surface area contributed by atoms with Crippen LogP contribution in [0.4, 0.5) is 14.9 Å². The van der Waals surface area contributed by atoms with Crippen molar-refractivity contribution in [3.8, 4) is 0 Å². The molecule has 0 saturated carbocycles. The number of amides is 2. The summed E-state index contributed by atoms with van der Waals surface area (Å²) in [6, 6.07) is 9.90. The van der Waals surface area contributed by atoms with Gasteiger partial charge in [-0.2, -0.15) is 0 Å². The summed E-state index contributed by atoms with van der Waals surface area (Å²) in [6.07, 6.45) is -1.23. The summed E-state index contributed by atoms with van der Waals surface area (Å²) in [5.41, 5.74) is -0.0920. The summed E-state index contributed by atoms with van der Waals surface area (Å²) in [4.78, 5) is 53.0. The lowest BCUT2D eigenvalue weighted by Crippen LogP contribution is -2.55. The molecule has 0 aliphatic carbocycles. The van der Waals surface area contributed by atoms with Crippen LogP contribution in [-0.4, -0.2) is 45.6 Å². The maximum absolute atomic E-state index is 13.2. The molecule has 1 aliphatic heterocycles. The average Bonchev–Trinajstić information content (AvgIpc) is 2.70. The van der Waals surface area contributed by atoms with Crippen molar-refractivity contribution in [2.75, 3.05) is 18.4 Å². The van der Waals surface area contributed by atoms with Gasteiger partial charge in [0.1, 0.15) is 11.9 Å². The third-order valence-corrected chi connectivity index (χ3v) is 5.03. The molecule has 0 atom stereocenters. The normalized spacial score (nSPS) is 13.7. The van der Waals surface area contributed by atoms with E-state index in [1.54, 1.807) is 6.92 Å². The molecule has 9 nitrogen and oxygen atoms in total. The minimum absolute atomic E-state index is 0.196. The maximum atomic E-state index is 13.2. The van der Waals surface area contributed by atoms with Crippen LogP contribution in [0.2, 0.25) is 0 Å². The van der Waals surface area contributed by atoms with Crippen LogP contribution in [0.3, 0.4) is 0 Å². The highest BCUT2D eigenvalue weighted by Crippen LogP contribution is 2.19. The number of ether oxygens (including phenoxy) is 1. The van der Waals surface area contributed by atoms with Gasteiger partial charge < -0.3 is 14.6 Å². The second-order valence-corrected chi connectivity index (χ2v) is 7.11. The average molecular weight is 426 g/mol. The van der Waals surface area contributed by atoms with Gasteiger partial charge in [-0.3, -0.25) is 19.5 Å². The van der Waals surface area contributed by atoms with Crippen molar-refractivity contribution in [1.82, 2.24) is 14.5 Å². The number of carbonyl (C=O) groups excluding carboxylic acids is 2. The van der Waals surface area contributed by atoms with E-state index in [9.17, 15) is 23.6 Å². The Hall–Kier alpha value is -3.95. The Kier molecular flexibility index (Phi) is 5.28. The third kappa shape index (κ3) is 4.04. The predicted octanol–water partition coefficient (Wildman–Crippen LogP) is 1.92. The fourth-order valence-corrected chi connectivity index (χ4v) is 3.40. The number of nitrogens with zero attached hydrogens (tertiary/aromatic N) is 2. The first-order valence-electron chi connectivity index (χ1n) is 9.65. The number of benzene rings is 2. The molecule has 2 aromatic carbocycles. The maximum Gasteiger partial charge on any atom is 0.412 e. The quantitative estimate of drug-likeness (QED) is 0.662. The molecule has 160 valence electrons. The first-order chi connectivity index (χ1) is 14.9. The van der Waals surface area contributed by atoms with Crippen molar-refractivity contribution >= 4 is 28.6 Å². The van der Waals surface area contributed by atoms with Gasteiger partial charge in [0.15, 0.2) is 0 Å². The third-order valence-electron chi connectivity index (χ3n) is 5.03. The van der Waals surface area contributed by atoms with Crippen LogP contribution in [0.25, 0.3) is 10.9 Å². The standard InChI is InChI=1S/C21H19FN4O5/c1-2-26-19(28)16-7-6-12(8-17(16)24-20(26)29)18(27)25-10-15(11-25)31-21(30)23-14-5-3-4-13(22)9-14/h3-9,15H,2,10-11H2,1H3,(H,23,30)(H,24,29). The topological polar surface area (TPSA) is 114 Å². The van der Waals surface area contributed by atoms with Gasteiger partial charge >= 0.3 is 11.8 Å². The van der Waals surface area contributed by atoms with Crippen molar-refractivity contribution in [2.24, 2.45) is 0 Å². The highest BCUT2D eigenvalue weighted by atomic mass is 19.1. The number of nitrogens with one attached hydrogen (secondary N) is 2. The first-order valence-corrected chi connectivity index (χ1v) is 9.65. The second-order valence-electron chi connectivity index (χ2n) is 7.11. The van der Waals surface area contributed by atoms with Gasteiger partial charge in [0.2, 0.25) is 0 Å². The van der Waals surface area contributed by atoms with E-state index in [1.807, 2.05) is 0 Å². The molecule has 0 radical (unpaired) electrons. The van der Waals surface area contributed by atoms with Gasteiger partial charge in [0.05, 0.1) is 24.0 Å². The number of hydrogen-bond donors (Lipinski definition) is 2. The van der Waals surface area contributed by atoms with Crippen LogP contribution in [0.5, 0.6) is 0 Å². The van der Waals surface area contributed by atoms with E-state index in [2.05, 4.69) is 10.3 Å². The van der Waals surface area contributed by atoms with E-state index in [0.29, 0.717) is 10.9 Å². The van der Waals surface area contributed by atoms with Crippen molar-refractivity contribution in [3.05, 3.63) is 74.7 Å². The minimum atomic E-state index is -0.738.